The summed E-state index contributed by atoms with van der Waals surface area (Å²) in [6, 6.07) is 16.0. The Kier molecular flexibility index (Phi) is 5.53. The van der Waals surface area contributed by atoms with Gasteiger partial charge >= 0.3 is 0 Å². The van der Waals surface area contributed by atoms with Gasteiger partial charge in [-0.25, -0.2) is 0 Å². The van der Waals surface area contributed by atoms with Crippen LogP contribution < -0.4 is 10.1 Å². The van der Waals surface area contributed by atoms with Crippen molar-refractivity contribution in [1.82, 2.24) is 9.13 Å². The molecule has 0 bridgehead atoms. The van der Waals surface area contributed by atoms with Gasteiger partial charge in [0.25, 0.3) is 0 Å². The summed E-state index contributed by atoms with van der Waals surface area (Å²) in [6.45, 7) is 2.03. The molecule has 2 heterocycles. The molecule has 0 atom stereocenters. The zero-order valence-corrected chi connectivity index (χ0v) is 16.7. The fraction of sp³-hybridized carbons (Fsp3) is 0.261. The molecule has 29 heavy (non-hydrogen) atoms. The number of fused-ring (bicyclic) bond motifs is 2. The number of benzene rings is 2. The van der Waals surface area contributed by atoms with Gasteiger partial charge in [-0.1, -0.05) is 12.1 Å². The molecular formula is C23H25N3O3. The molecule has 4 rings (SSSR count). The van der Waals surface area contributed by atoms with Crippen LogP contribution in [0.1, 0.15) is 6.42 Å². The number of hydrogen-bond acceptors (Lipinski definition) is 3. The molecule has 0 aliphatic heterocycles. The molecule has 1 N–H and O–H groups in total. The summed E-state index contributed by atoms with van der Waals surface area (Å²) in [4.78, 5) is 12.6. The predicted molar refractivity (Wildman–Crippen MR) is 116 cm³/mol. The molecule has 0 radical (unpaired) electrons. The van der Waals surface area contributed by atoms with E-state index in [1.54, 1.807) is 14.2 Å². The second kappa shape index (κ2) is 8.41. The van der Waals surface area contributed by atoms with Crippen LogP contribution in [0.2, 0.25) is 0 Å². The highest BCUT2D eigenvalue weighted by Crippen LogP contribution is 2.27. The maximum atomic E-state index is 12.6. The second-order valence-corrected chi connectivity index (χ2v) is 6.94. The van der Waals surface area contributed by atoms with Crippen molar-refractivity contribution in [3.8, 4) is 5.75 Å². The highest BCUT2D eigenvalue weighted by Gasteiger charge is 2.10. The molecule has 0 fully saturated rings. The number of nitrogens with zero attached hydrogens (tertiary/aromatic N) is 2. The van der Waals surface area contributed by atoms with Crippen molar-refractivity contribution in [2.45, 2.75) is 19.5 Å². The van der Waals surface area contributed by atoms with E-state index in [4.69, 9.17) is 9.47 Å². The molecule has 6 nitrogen and oxygen atoms in total. The van der Waals surface area contributed by atoms with Crippen molar-refractivity contribution in [3.05, 3.63) is 60.9 Å². The minimum absolute atomic E-state index is 0.00751. The van der Waals surface area contributed by atoms with Gasteiger partial charge in [-0.15, -0.1) is 0 Å². The van der Waals surface area contributed by atoms with E-state index < -0.39 is 0 Å². The predicted octanol–water partition coefficient (Wildman–Crippen LogP) is 4.28. The number of ether oxygens (including phenoxy) is 2. The third kappa shape index (κ3) is 3.84. The zero-order chi connectivity index (χ0) is 20.2. The Morgan fingerprint density at radius 2 is 1.59 bits per heavy atom. The van der Waals surface area contributed by atoms with Gasteiger partial charge in [0.05, 0.1) is 30.4 Å². The van der Waals surface area contributed by atoms with E-state index in [1.807, 2.05) is 54.9 Å². The summed E-state index contributed by atoms with van der Waals surface area (Å²) < 4.78 is 14.8. The number of hydrogen-bond donors (Lipinski definition) is 1. The Labute approximate surface area is 169 Å². The Morgan fingerprint density at radius 3 is 2.34 bits per heavy atom. The average Bonchev–Trinajstić information content (AvgIpc) is 3.35. The van der Waals surface area contributed by atoms with Crippen LogP contribution in [0.25, 0.3) is 21.8 Å². The lowest BCUT2D eigenvalue weighted by Crippen LogP contribution is -2.14. The Bertz CT molecular complexity index is 1140. The number of rotatable bonds is 8. The summed E-state index contributed by atoms with van der Waals surface area (Å²) in [5, 5.41) is 5.15. The van der Waals surface area contributed by atoms with Crippen molar-refractivity contribution < 1.29 is 14.3 Å². The summed E-state index contributed by atoms with van der Waals surface area (Å²) in [5.41, 5.74) is 2.99. The number of carbonyl (C=O) groups excluding carboxylic acids is 1. The van der Waals surface area contributed by atoms with Gasteiger partial charge in [-0.2, -0.15) is 0 Å². The molecule has 0 saturated carbocycles. The molecule has 2 aromatic heterocycles. The smallest absolute Gasteiger partial charge is 0.226 e. The van der Waals surface area contributed by atoms with Crippen LogP contribution in [0.5, 0.6) is 5.75 Å². The fourth-order valence-electron chi connectivity index (χ4n) is 3.72. The van der Waals surface area contributed by atoms with Crippen LogP contribution in [0.4, 0.5) is 5.69 Å². The Morgan fingerprint density at radius 1 is 0.897 bits per heavy atom. The van der Waals surface area contributed by atoms with E-state index in [-0.39, 0.29) is 5.91 Å². The van der Waals surface area contributed by atoms with Gasteiger partial charge < -0.3 is 23.9 Å². The number of methoxy groups -OCH3 is 2. The van der Waals surface area contributed by atoms with Crippen LogP contribution in [0.15, 0.2) is 60.9 Å². The van der Waals surface area contributed by atoms with Crippen molar-refractivity contribution >= 4 is 33.4 Å². The number of aryl methyl sites for hydroxylation is 1. The Hall–Kier alpha value is -3.25. The molecule has 150 valence electrons. The summed E-state index contributed by atoms with van der Waals surface area (Å²) in [7, 11) is 3.37. The lowest BCUT2D eigenvalue weighted by molar-refractivity contribution is -0.116. The minimum atomic E-state index is -0.00751. The van der Waals surface area contributed by atoms with Crippen molar-refractivity contribution in [3.63, 3.8) is 0 Å². The number of aromatic nitrogens is 2. The third-order valence-corrected chi connectivity index (χ3v) is 5.20. The SMILES string of the molecule is COCCn1ccc2c(NC(=O)CCn3ccc4c(OC)cccc43)cccc21. The number of amides is 1. The molecular weight excluding hydrogens is 366 g/mol. The topological polar surface area (TPSA) is 57.4 Å². The molecule has 0 aliphatic rings. The van der Waals surface area contributed by atoms with E-state index in [9.17, 15) is 4.79 Å². The van der Waals surface area contributed by atoms with E-state index in [0.717, 1.165) is 39.8 Å². The van der Waals surface area contributed by atoms with Gasteiger partial charge in [0, 0.05) is 49.8 Å². The molecule has 6 heteroatoms. The number of carbonyl (C=O) groups is 1. The first-order valence-corrected chi connectivity index (χ1v) is 9.70. The van der Waals surface area contributed by atoms with Gasteiger partial charge in [-0.05, 0) is 36.4 Å². The maximum absolute atomic E-state index is 12.6. The van der Waals surface area contributed by atoms with Gasteiger partial charge in [-0.3, -0.25) is 4.79 Å². The van der Waals surface area contributed by atoms with E-state index >= 15 is 0 Å². The van der Waals surface area contributed by atoms with Crippen LogP contribution in [0.3, 0.4) is 0 Å². The highest BCUT2D eigenvalue weighted by atomic mass is 16.5. The van der Waals surface area contributed by atoms with Gasteiger partial charge in [0.1, 0.15) is 5.75 Å². The fourth-order valence-corrected chi connectivity index (χ4v) is 3.72. The second-order valence-electron chi connectivity index (χ2n) is 6.94. The van der Waals surface area contributed by atoms with Gasteiger partial charge in [0.15, 0.2) is 0 Å². The normalized spacial score (nSPS) is 11.2. The molecule has 0 spiro atoms. The summed E-state index contributed by atoms with van der Waals surface area (Å²) in [6.07, 6.45) is 4.41. The molecule has 4 aromatic rings. The average molecular weight is 391 g/mol. The quantitative estimate of drug-likeness (QED) is 0.488. The molecule has 2 aromatic carbocycles. The monoisotopic (exact) mass is 391 g/mol. The maximum Gasteiger partial charge on any atom is 0.226 e. The first-order chi connectivity index (χ1) is 14.2. The number of anilines is 1. The van der Waals surface area contributed by atoms with Gasteiger partial charge in [0.2, 0.25) is 5.91 Å². The molecule has 1 amide bonds. The molecule has 0 unspecified atom stereocenters. The Balaban J connectivity index is 1.46. The first-order valence-electron chi connectivity index (χ1n) is 9.70. The van der Waals surface area contributed by atoms with Crippen molar-refractivity contribution in [1.29, 1.82) is 0 Å². The highest BCUT2D eigenvalue weighted by molar-refractivity contribution is 6.01. The molecule has 0 saturated heterocycles. The van der Waals surface area contributed by atoms with E-state index in [2.05, 4.69) is 20.5 Å². The largest absolute Gasteiger partial charge is 0.496 e. The van der Waals surface area contributed by atoms with Crippen LogP contribution in [0, 0.1) is 0 Å². The van der Waals surface area contributed by atoms with Crippen molar-refractivity contribution in [2.75, 3.05) is 26.1 Å². The minimum Gasteiger partial charge on any atom is -0.496 e. The van der Waals surface area contributed by atoms with Crippen LogP contribution >= 0.6 is 0 Å². The third-order valence-electron chi connectivity index (χ3n) is 5.20. The molecule has 0 aliphatic carbocycles. The summed E-state index contributed by atoms with van der Waals surface area (Å²) >= 11 is 0. The summed E-state index contributed by atoms with van der Waals surface area (Å²) in [5.74, 6) is 0.835. The standard InChI is InChI=1S/C23H25N3O3/c1-28-16-15-26-12-9-17-19(5-3-6-20(17)26)24-23(27)11-14-25-13-10-18-21(25)7-4-8-22(18)29-2/h3-10,12-13H,11,14-16H2,1-2H3,(H,24,27). The van der Waals surface area contributed by atoms with Crippen molar-refractivity contribution in [2.24, 2.45) is 0 Å². The van der Waals surface area contributed by atoms with E-state index in [0.29, 0.717) is 19.6 Å². The lowest BCUT2D eigenvalue weighted by atomic mass is 10.2. The number of nitrogens with one attached hydrogen (secondary N) is 1. The van der Waals surface area contributed by atoms with Crippen LogP contribution in [-0.2, 0) is 22.6 Å². The zero-order valence-electron chi connectivity index (χ0n) is 16.7. The lowest BCUT2D eigenvalue weighted by Gasteiger charge is -2.10. The first kappa shape index (κ1) is 19.1. The van der Waals surface area contributed by atoms with Crippen LogP contribution in [-0.4, -0.2) is 35.9 Å². The van der Waals surface area contributed by atoms with E-state index in [1.165, 1.54) is 0 Å².